The summed E-state index contributed by atoms with van der Waals surface area (Å²) in [6.07, 6.45) is 1.42. The predicted molar refractivity (Wildman–Crippen MR) is 67.0 cm³/mol. The number of carbonyl (C=O) groups excluding carboxylic acids is 1. The molecule has 2 aromatic rings. The predicted octanol–water partition coefficient (Wildman–Crippen LogP) is 2.05. The Morgan fingerprint density at radius 1 is 1.56 bits per heavy atom. The van der Waals surface area contributed by atoms with Crippen LogP contribution in [0.4, 0.5) is 15.9 Å². The van der Waals surface area contributed by atoms with Crippen molar-refractivity contribution < 1.29 is 9.18 Å². The molecule has 0 fully saturated rings. The van der Waals surface area contributed by atoms with Crippen molar-refractivity contribution in [1.29, 1.82) is 0 Å². The van der Waals surface area contributed by atoms with Gasteiger partial charge in [0.2, 0.25) is 0 Å². The van der Waals surface area contributed by atoms with Crippen LogP contribution in [0.1, 0.15) is 10.4 Å². The van der Waals surface area contributed by atoms with Gasteiger partial charge >= 0.3 is 0 Å². The highest BCUT2D eigenvalue weighted by Crippen LogP contribution is 2.21. The average Bonchev–Trinajstić information content (AvgIpc) is 2.60. The minimum absolute atomic E-state index is 0.0354. The van der Waals surface area contributed by atoms with Gasteiger partial charge < -0.3 is 11.1 Å². The van der Waals surface area contributed by atoms with E-state index in [-0.39, 0.29) is 10.6 Å². The van der Waals surface area contributed by atoms with E-state index in [0.717, 1.165) is 12.1 Å². The second kappa shape index (κ2) is 4.66. The molecule has 0 unspecified atom stereocenters. The Kier molecular flexibility index (Phi) is 3.20. The van der Waals surface area contributed by atoms with Gasteiger partial charge in [-0.25, -0.2) is 4.39 Å². The third-order valence-electron chi connectivity index (χ3n) is 2.37. The standard InChI is InChI=1S/C11H10ClFN4O/c1-17-10(9(14)5-15-17)16-11(18)7-3-2-6(13)4-8(7)12/h2-5H,14H2,1H3,(H,16,18). The zero-order chi connectivity index (χ0) is 13.3. The monoisotopic (exact) mass is 268 g/mol. The number of nitrogen functional groups attached to an aromatic ring is 1. The van der Waals surface area contributed by atoms with Crippen LogP contribution in [0.15, 0.2) is 24.4 Å². The molecule has 7 heteroatoms. The Morgan fingerprint density at radius 3 is 2.83 bits per heavy atom. The fourth-order valence-electron chi connectivity index (χ4n) is 1.46. The van der Waals surface area contributed by atoms with Crippen LogP contribution in [0.5, 0.6) is 0 Å². The third kappa shape index (κ3) is 2.28. The molecule has 0 aliphatic rings. The van der Waals surface area contributed by atoms with Gasteiger partial charge in [-0.1, -0.05) is 11.6 Å². The molecule has 94 valence electrons. The molecule has 1 heterocycles. The highest BCUT2D eigenvalue weighted by Gasteiger charge is 2.14. The Balaban J connectivity index is 2.28. The van der Waals surface area contributed by atoms with E-state index in [1.54, 1.807) is 7.05 Å². The maximum absolute atomic E-state index is 12.9. The molecular formula is C11H10ClFN4O. The van der Waals surface area contributed by atoms with Crippen molar-refractivity contribution in [1.82, 2.24) is 9.78 Å². The number of anilines is 2. The topological polar surface area (TPSA) is 72.9 Å². The summed E-state index contributed by atoms with van der Waals surface area (Å²) in [5.41, 5.74) is 6.14. The first-order valence-electron chi connectivity index (χ1n) is 5.03. The van der Waals surface area contributed by atoms with Crippen LogP contribution in [0.2, 0.25) is 5.02 Å². The molecule has 18 heavy (non-hydrogen) atoms. The van der Waals surface area contributed by atoms with Crippen molar-refractivity contribution in [3.63, 3.8) is 0 Å². The van der Waals surface area contributed by atoms with Gasteiger partial charge in [0, 0.05) is 7.05 Å². The number of benzene rings is 1. The molecule has 0 aliphatic carbocycles. The molecule has 0 saturated heterocycles. The molecule has 2 rings (SSSR count). The summed E-state index contributed by atoms with van der Waals surface area (Å²) in [4.78, 5) is 11.9. The van der Waals surface area contributed by atoms with Gasteiger partial charge in [-0.3, -0.25) is 9.48 Å². The number of amides is 1. The fraction of sp³-hybridized carbons (Fsp3) is 0.0909. The summed E-state index contributed by atoms with van der Waals surface area (Å²) in [6, 6.07) is 3.54. The van der Waals surface area contributed by atoms with Gasteiger partial charge in [-0.15, -0.1) is 0 Å². The van der Waals surface area contributed by atoms with Gasteiger partial charge in [0.15, 0.2) is 5.82 Å². The highest BCUT2D eigenvalue weighted by atomic mass is 35.5. The first kappa shape index (κ1) is 12.4. The number of nitrogens with zero attached hydrogens (tertiary/aromatic N) is 2. The van der Waals surface area contributed by atoms with E-state index < -0.39 is 11.7 Å². The molecule has 0 radical (unpaired) electrons. The van der Waals surface area contributed by atoms with E-state index in [1.165, 1.54) is 16.9 Å². The molecule has 0 aliphatic heterocycles. The number of hydrogen-bond donors (Lipinski definition) is 2. The summed E-state index contributed by atoms with van der Waals surface area (Å²) < 4.78 is 14.3. The van der Waals surface area contributed by atoms with E-state index in [1.807, 2.05) is 0 Å². The minimum Gasteiger partial charge on any atom is -0.394 e. The van der Waals surface area contributed by atoms with Gasteiger partial charge in [0.05, 0.1) is 22.5 Å². The number of aryl methyl sites for hydroxylation is 1. The summed E-state index contributed by atoms with van der Waals surface area (Å²) in [5.74, 6) is -0.618. The van der Waals surface area contributed by atoms with Crippen LogP contribution in [0.25, 0.3) is 0 Å². The molecule has 0 saturated carbocycles. The van der Waals surface area contributed by atoms with Crippen molar-refractivity contribution in [2.75, 3.05) is 11.1 Å². The number of rotatable bonds is 2. The van der Waals surface area contributed by atoms with E-state index >= 15 is 0 Å². The lowest BCUT2D eigenvalue weighted by molar-refractivity contribution is 0.102. The number of nitrogens with one attached hydrogen (secondary N) is 1. The quantitative estimate of drug-likeness (QED) is 0.875. The van der Waals surface area contributed by atoms with Crippen LogP contribution in [-0.4, -0.2) is 15.7 Å². The van der Waals surface area contributed by atoms with E-state index in [4.69, 9.17) is 17.3 Å². The highest BCUT2D eigenvalue weighted by molar-refractivity contribution is 6.34. The van der Waals surface area contributed by atoms with E-state index in [0.29, 0.717) is 11.5 Å². The number of hydrogen-bond acceptors (Lipinski definition) is 3. The number of carbonyl (C=O) groups is 1. The molecule has 1 amide bonds. The Bertz CT molecular complexity index is 592. The lowest BCUT2D eigenvalue weighted by Crippen LogP contribution is -2.16. The lowest BCUT2D eigenvalue weighted by atomic mass is 10.2. The minimum atomic E-state index is -0.503. The summed E-state index contributed by atoms with van der Waals surface area (Å²) >= 11 is 5.79. The van der Waals surface area contributed by atoms with Crippen LogP contribution >= 0.6 is 11.6 Å². The molecule has 0 atom stereocenters. The molecule has 1 aromatic heterocycles. The van der Waals surface area contributed by atoms with Crippen molar-refractivity contribution in [2.24, 2.45) is 7.05 Å². The van der Waals surface area contributed by atoms with Crippen LogP contribution < -0.4 is 11.1 Å². The molecular weight excluding hydrogens is 259 g/mol. The number of nitrogens with two attached hydrogens (primary N) is 1. The molecule has 3 N–H and O–H groups in total. The maximum atomic E-state index is 12.9. The number of aromatic nitrogens is 2. The van der Waals surface area contributed by atoms with Crippen molar-refractivity contribution in [3.8, 4) is 0 Å². The third-order valence-corrected chi connectivity index (χ3v) is 2.69. The first-order chi connectivity index (χ1) is 8.49. The SMILES string of the molecule is Cn1ncc(N)c1NC(=O)c1ccc(F)cc1Cl. The normalized spacial score (nSPS) is 10.4. The summed E-state index contributed by atoms with van der Waals surface area (Å²) in [6.45, 7) is 0. The molecule has 0 bridgehead atoms. The van der Waals surface area contributed by atoms with Gasteiger partial charge in [0.25, 0.3) is 5.91 Å². The van der Waals surface area contributed by atoms with Crippen molar-refractivity contribution >= 4 is 29.0 Å². The largest absolute Gasteiger partial charge is 0.394 e. The van der Waals surface area contributed by atoms with E-state index in [9.17, 15) is 9.18 Å². The summed E-state index contributed by atoms with van der Waals surface area (Å²) in [7, 11) is 1.64. The van der Waals surface area contributed by atoms with Crippen LogP contribution in [-0.2, 0) is 7.05 Å². The Hall–Kier alpha value is -2.08. The van der Waals surface area contributed by atoms with Crippen molar-refractivity contribution in [3.05, 3.63) is 40.8 Å². The molecule has 0 spiro atoms. The average molecular weight is 269 g/mol. The van der Waals surface area contributed by atoms with Crippen LogP contribution in [0, 0.1) is 5.82 Å². The fourth-order valence-corrected chi connectivity index (χ4v) is 1.71. The Labute approximate surface area is 107 Å². The first-order valence-corrected chi connectivity index (χ1v) is 5.40. The van der Waals surface area contributed by atoms with Gasteiger partial charge in [-0.2, -0.15) is 5.10 Å². The summed E-state index contributed by atoms with van der Waals surface area (Å²) in [5, 5.41) is 6.48. The lowest BCUT2D eigenvalue weighted by Gasteiger charge is -2.07. The van der Waals surface area contributed by atoms with Crippen molar-refractivity contribution in [2.45, 2.75) is 0 Å². The smallest absolute Gasteiger partial charge is 0.258 e. The second-order valence-corrected chi connectivity index (χ2v) is 4.06. The zero-order valence-corrected chi connectivity index (χ0v) is 10.2. The van der Waals surface area contributed by atoms with Gasteiger partial charge in [-0.05, 0) is 18.2 Å². The van der Waals surface area contributed by atoms with Gasteiger partial charge in [0.1, 0.15) is 5.82 Å². The van der Waals surface area contributed by atoms with Crippen LogP contribution in [0.3, 0.4) is 0 Å². The molecule has 1 aromatic carbocycles. The zero-order valence-electron chi connectivity index (χ0n) is 9.45. The van der Waals surface area contributed by atoms with E-state index in [2.05, 4.69) is 10.4 Å². The maximum Gasteiger partial charge on any atom is 0.258 e. The Morgan fingerprint density at radius 2 is 2.28 bits per heavy atom. The second-order valence-electron chi connectivity index (χ2n) is 3.65. The molecule has 5 nitrogen and oxygen atoms in total. The number of halogens is 2.